The number of hydrogen-bond acceptors (Lipinski definition) is 3. The van der Waals surface area contributed by atoms with E-state index in [9.17, 15) is 4.79 Å². The van der Waals surface area contributed by atoms with Crippen LogP contribution in [0.25, 0.3) is 5.65 Å². The number of aryl methyl sites for hydroxylation is 2. The second-order valence-corrected chi connectivity index (χ2v) is 5.98. The normalized spacial score (nSPS) is 12.3. The first-order chi connectivity index (χ1) is 11.6. The molecule has 1 amide bonds. The van der Waals surface area contributed by atoms with Gasteiger partial charge in [0.25, 0.3) is 0 Å². The largest absolute Gasteiger partial charge is 0.347 e. The maximum absolute atomic E-state index is 12.6. The molecule has 1 N–H and O–H groups in total. The molecule has 3 aromatic heterocycles. The Hall–Kier alpha value is -2.69. The summed E-state index contributed by atoms with van der Waals surface area (Å²) in [6.07, 6.45) is 4.82. The minimum absolute atomic E-state index is 0.0133. The lowest BCUT2D eigenvalue weighted by molar-refractivity contribution is -0.121. The molecule has 0 spiro atoms. The van der Waals surface area contributed by atoms with Gasteiger partial charge in [-0.2, -0.15) is 0 Å². The molecule has 1 atom stereocenters. The fourth-order valence-corrected chi connectivity index (χ4v) is 3.00. The number of hydrogen-bond donors (Lipinski definition) is 1. The van der Waals surface area contributed by atoms with Crippen molar-refractivity contribution in [2.24, 2.45) is 0 Å². The lowest BCUT2D eigenvalue weighted by Crippen LogP contribution is -2.31. The van der Waals surface area contributed by atoms with Gasteiger partial charge < -0.3 is 9.72 Å². The summed E-state index contributed by atoms with van der Waals surface area (Å²) in [7, 11) is 0. The molecule has 0 aromatic carbocycles. The standard InChI is InChI=1S/C19H22N4O/c1-4-15(19-13(2)8-7-10-20-19)22-18(24)12-16-14(3)21-17-9-5-6-11-23(16)17/h5-11,15H,4,12H2,1-3H3,(H,22,24)/t15-/m0/s1. The van der Waals surface area contributed by atoms with E-state index in [2.05, 4.69) is 22.2 Å². The molecule has 124 valence electrons. The molecule has 5 nitrogen and oxygen atoms in total. The molecule has 0 aliphatic heterocycles. The number of nitrogens with one attached hydrogen (secondary N) is 1. The monoisotopic (exact) mass is 322 g/mol. The van der Waals surface area contributed by atoms with E-state index in [1.807, 2.05) is 54.8 Å². The third kappa shape index (κ3) is 3.15. The van der Waals surface area contributed by atoms with Gasteiger partial charge in [-0.15, -0.1) is 0 Å². The Morgan fingerprint density at radius 1 is 1.25 bits per heavy atom. The lowest BCUT2D eigenvalue weighted by Gasteiger charge is -2.18. The minimum Gasteiger partial charge on any atom is -0.347 e. The highest BCUT2D eigenvalue weighted by molar-refractivity contribution is 5.79. The Bertz CT molecular complexity index is 869. The fourth-order valence-electron chi connectivity index (χ4n) is 3.00. The predicted octanol–water partition coefficient (Wildman–Crippen LogP) is 3.16. The second-order valence-electron chi connectivity index (χ2n) is 5.98. The van der Waals surface area contributed by atoms with Gasteiger partial charge in [-0.3, -0.25) is 9.78 Å². The number of imidazole rings is 1. The lowest BCUT2D eigenvalue weighted by atomic mass is 10.1. The zero-order valence-corrected chi connectivity index (χ0v) is 14.3. The summed E-state index contributed by atoms with van der Waals surface area (Å²) in [4.78, 5) is 21.5. The van der Waals surface area contributed by atoms with Crippen molar-refractivity contribution >= 4 is 11.6 Å². The Morgan fingerprint density at radius 2 is 2.08 bits per heavy atom. The summed E-state index contributed by atoms with van der Waals surface area (Å²) < 4.78 is 1.97. The summed E-state index contributed by atoms with van der Waals surface area (Å²) >= 11 is 0. The predicted molar refractivity (Wildman–Crippen MR) is 93.8 cm³/mol. The van der Waals surface area contributed by atoms with Crippen LogP contribution in [0.3, 0.4) is 0 Å². The highest BCUT2D eigenvalue weighted by Crippen LogP contribution is 2.18. The van der Waals surface area contributed by atoms with Crippen LogP contribution in [0.1, 0.15) is 42.0 Å². The van der Waals surface area contributed by atoms with Crippen molar-refractivity contribution in [1.82, 2.24) is 19.7 Å². The number of carbonyl (C=O) groups is 1. The van der Waals surface area contributed by atoms with Crippen LogP contribution in [0.5, 0.6) is 0 Å². The summed E-state index contributed by atoms with van der Waals surface area (Å²) in [5.74, 6) is -0.0133. The van der Waals surface area contributed by atoms with Crippen LogP contribution in [-0.2, 0) is 11.2 Å². The molecule has 5 heteroatoms. The third-order valence-electron chi connectivity index (χ3n) is 4.28. The smallest absolute Gasteiger partial charge is 0.226 e. The fraction of sp³-hybridized carbons (Fsp3) is 0.316. The van der Waals surface area contributed by atoms with Crippen molar-refractivity contribution in [3.8, 4) is 0 Å². The number of aromatic nitrogens is 3. The molecule has 0 saturated heterocycles. The number of rotatable bonds is 5. The molecule has 24 heavy (non-hydrogen) atoms. The molecule has 3 aromatic rings. The van der Waals surface area contributed by atoms with E-state index < -0.39 is 0 Å². The van der Waals surface area contributed by atoms with Crippen molar-refractivity contribution in [2.45, 2.75) is 39.7 Å². The van der Waals surface area contributed by atoms with E-state index in [1.165, 1.54) is 0 Å². The first kappa shape index (κ1) is 16.2. The molecule has 3 heterocycles. The van der Waals surface area contributed by atoms with Gasteiger partial charge in [0, 0.05) is 12.4 Å². The van der Waals surface area contributed by atoms with E-state index in [0.29, 0.717) is 6.42 Å². The maximum atomic E-state index is 12.6. The quantitative estimate of drug-likeness (QED) is 0.785. The number of amides is 1. The molecule has 0 aliphatic carbocycles. The summed E-state index contributed by atoms with van der Waals surface area (Å²) in [5.41, 5.74) is 4.71. The molecule has 0 aliphatic rings. The van der Waals surface area contributed by atoms with Crippen LogP contribution in [0.4, 0.5) is 0 Å². The molecule has 0 saturated carbocycles. The van der Waals surface area contributed by atoms with Gasteiger partial charge in [-0.05, 0) is 44.0 Å². The third-order valence-corrected chi connectivity index (χ3v) is 4.28. The van der Waals surface area contributed by atoms with Gasteiger partial charge in [0.15, 0.2) is 0 Å². The van der Waals surface area contributed by atoms with Crippen molar-refractivity contribution in [2.75, 3.05) is 0 Å². The second kappa shape index (κ2) is 6.83. The van der Waals surface area contributed by atoms with Crippen molar-refractivity contribution in [3.05, 3.63) is 65.4 Å². The van der Waals surface area contributed by atoms with Crippen molar-refractivity contribution < 1.29 is 4.79 Å². The molecule has 0 radical (unpaired) electrons. The van der Waals surface area contributed by atoms with Gasteiger partial charge in [0.05, 0.1) is 29.5 Å². The molecular formula is C19H22N4O. The summed E-state index contributed by atoms with van der Waals surface area (Å²) in [5, 5.41) is 3.11. The van der Waals surface area contributed by atoms with Gasteiger partial charge in [0.2, 0.25) is 5.91 Å². The molecule has 0 unspecified atom stereocenters. The van der Waals surface area contributed by atoms with E-state index >= 15 is 0 Å². The van der Waals surface area contributed by atoms with Crippen LogP contribution >= 0.6 is 0 Å². The Balaban J connectivity index is 1.79. The SMILES string of the molecule is CC[C@H](NC(=O)Cc1c(C)nc2ccccn12)c1ncccc1C. The van der Waals surface area contributed by atoms with Gasteiger partial charge >= 0.3 is 0 Å². The van der Waals surface area contributed by atoms with Gasteiger partial charge in [-0.1, -0.05) is 19.1 Å². The number of fused-ring (bicyclic) bond motifs is 1. The van der Waals surface area contributed by atoms with Crippen LogP contribution < -0.4 is 5.32 Å². The van der Waals surface area contributed by atoms with Crippen LogP contribution in [0.2, 0.25) is 0 Å². The molecule has 3 rings (SSSR count). The topological polar surface area (TPSA) is 59.3 Å². The van der Waals surface area contributed by atoms with Gasteiger partial charge in [0.1, 0.15) is 5.65 Å². The van der Waals surface area contributed by atoms with E-state index in [-0.39, 0.29) is 11.9 Å². The molecular weight excluding hydrogens is 300 g/mol. The van der Waals surface area contributed by atoms with E-state index in [0.717, 1.165) is 34.7 Å². The zero-order valence-electron chi connectivity index (χ0n) is 14.3. The molecule has 0 fully saturated rings. The van der Waals surface area contributed by atoms with Crippen LogP contribution in [-0.4, -0.2) is 20.3 Å². The maximum Gasteiger partial charge on any atom is 0.226 e. The highest BCUT2D eigenvalue weighted by Gasteiger charge is 2.18. The Morgan fingerprint density at radius 3 is 2.83 bits per heavy atom. The molecule has 0 bridgehead atoms. The Labute approximate surface area is 141 Å². The average Bonchev–Trinajstić information content (AvgIpc) is 2.89. The number of carbonyl (C=O) groups excluding carboxylic acids is 1. The average molecular weight is 322 g/mol. The summed E-state index contributed by atoms with van der Waals surface area (Å²) in [6.45, 7) is 6.01. The highest BCUT2D eigenvalue weighted by atomic mass is 16.1. The van der Waals surface area contributed by atoms with Gasteiger partial charge in [-0.25, -0.2) is 4.98 Å². The van der Waals surface area contributed by atoms with E-state index in [1.54, 1.807) is 6.20 Å². The number of pyridine rings is 2. The van der Waals surface area contributed by atoms with Crippen LogP contribution in [0.15, 0.2) is 42.7 Å². The van der Waals surface area contributed by atoms with Crippen LogP contribution in [0, 0.1) is 13.8 Å². The van der Waals surface area contributed by atoms with Crippen molar-refractivity contribution in [1.29, 1.82) is 0 Å². The first-order valence-electron chi connectivity index (χ1n) is 8.23. The minimum atomic E-state index is -0.0711. The Kier molecular flexibility index (Phi) is 4.60. The summed E-state index contributed by atoms with van der Waals surface area (Å²) in [6, 6.07) is 9.70. The van der Waals surface area contributed by atoms with Crippen molar-refractivity contribution in [3.63, 3.8) is 0 Å². The first-order valence-corrected chi connectivity index (χ1v) is 8.23. The van der Waals surface area contributed by atoms with E-state index in [4.69, 9.17) is 0 Å². The number of nitrogens with zero attached hydrogens (tertiary/aromatic N) is 3. The zero-order chi connectivity index (χ0) is 17.1.